The van der Waals surface area contributed by atoms with Crippen molar-refractivity contribution in [2.75, 3.05) is 0 Å². The number of rotatable bonds is 1. The van der Waals surface area contributed by atoms with Crippen molar-refractivity contribution in [3.8, 4) is 17.0 Å². The second-order valence-corrected chi connectivity index (χ2v) is 5.02. The number of hydrogen-bond donors (Lipinski definition) is 1. The zero-order valence-electron chi connectivity index (χ0n) is 9.47. The molecule has 0 radical (unpaired) electrons. The van der Waals surface area contributed by atoms with E-state index in [0.29, 0.717) is 6.07 Å². The number of alkyl halides is 3. The fourth-order valence-electron chi connectivity index (χ4n) is 1.61. The lowest BCUT2D eigenvalue weighted by Crippen LogP contribution is -2.06. The van der Waals surface area contributed by atoms with Crippen molar-refractivity contribution in [1.82, 2.24) is 4.98 Å². The van der Waals surface area contributed by atoms with Crippen molar-refractivity contribution in [2.45, 2.75) is 6.18 Å². The quantitative estimate of drug-likeness (QED) is 0.701. The highest BCUT2D eigenvalue weighted by atomic mass is 35.5. The normalized spacial score (nSPS) is 11.7. The first kappa shape index (κ1) is 15.2. The van der Waals surface area contributed by atoms with Gasteiger partial charge in [-0.2, -0.15) is 13.2 Å². The van der Waals surface area contributed by atoms with Gasteiger partial charge in [-0.25, -0.2) is 0 Å². The first-order valence-electron chi connectivity index (χ1n) is 5.12. The van der Waals surface area contributed by atoms with Gasteiger partial charge in [0.05, 0.1) is 10.0 Å². The molecule has 1 aromatic carbocycles. The molecular weight excluding hydrogens is 337 g/mol. The summed E-state index contributed by atoms with van der Waals surface area (Å²) in [6.45, 7) is 0. The van der Waals surface area contributed by atoms with Gasteiger partial charge in [0.2, 0.25) is 0 Å². The molecule has 1 heterocycles. The van der Waals surface area contributed by atoms with Crippen LogP contribution in [-0.4, -0.2) is 10.1 Å². The average molecular weight is 343 g/mol. The molecule has 0 aliphatic carbocycles. The molecule has 0 saturated heterocycles. The molecule has 8 heteroatoms. The van der Waals surface area contributed by atoms with E-state index in [9.17, 15) is 18.3 Å². The molecule has 0 bridgehead atoms. The maximum atomic E-state index is 12.7. The van der Waals surface area contributed by atoms with Gasteiger partial charge in [0.1, 0.15) is 11.3 Å². The van der Waals surface area contributed by atoms with Crippen LogP contribution in [0.5, 0.6) is 5.75 Å². The van der Waals surface area contributed by atoms with Crippen LogP contribution in [0.15, 0.2) is 24.4 Å². The predicted molar refractivity (Wildman–Crippen MR) is 71.4 cm³/mol. The summed E-state index contributed by atoms with van der Waals surface area (Å²) in [6.07, 6.45) is -3.79. The van der Waals surface area contributed by atoms with Crippen LogP contribution < -0.4 is 0 Å². The monoisotopic (exact) mass is 341 g/mol. The number of benzene rings is 1. The Morgan fingerprint density at radius 3 is 2.35 bits per heavy atom. The molecule has 1 N–H and O–H groups in total. The Kier molecular flexibility index (Phi) is 4.04. The Morgan fingerprint density at radius 1 is 1.10 bits per heavy atom. The van der Waals surface area contributed by atoms with E-state index in [-0.39, 0.29) is 26.3 Å². The van der Waals surface area contributed by atoms with E-state index in [1.54, 1.807) is 0 Å². The van der Waals surface area contributed by atoms with Crippen LogP contribution in [0.1, 0.15) is 5.56 Å². The van der Waals surface area contributed by atoms with Gasteiger partial charge in [-0.15, -0.1) is 0 Å². The van der Waals surface area contributed by atoms with E-state index in [0.717, 1.165) is 6.20 Å². The molecule has 0 aliphatic heterocycles. The van der Waals surface area contributed by atoms with Crippen molar-refractivity contribution in [1.29, 1.82) is 0 Å². The topological polar surface area (TPSA) is 33.1 Å². The van der Waals surface area contributed by atoms with Gasteiger partial charge in [-0.05, 0) is 18.2 Å². The van der Waals surface area contributed by atoms with E-state index >= 15 is 0 Å². The van der Waals surface area contributed by atoms with Crippen LogP contribution in [0.2, 0.25) is 15.1 Å². The number of aromatic nitrogens is 1. The van der Waals surface area contributed by atoms with Crippen molar-refractivity contribution in [3.05, 3.63) is 45.0 Å². The largest absolute Gasteiger partial charge is 0.505 e. The molecule has 0 unspecified atom stereocenters. The minimum atomic E-state index is -4.71. The lowest BCUT2D eigenvalue weighted by atomic mass is 10.1. The van der Waals surface area contributed by atoms with Gasteiger partial charge >= 0.3 is 6.18 Å². The molecule has 1 aromatic heterocycles. The van der Waals surface area contributed by atoms with Crippen LogP contribution in [0.3, 0.4) is 0 Å². The first-order valence-corrected chi connectivity index (χ1v) is 6.25. The number of halogens is 6. The molecular formula is C12H5Cl3F3NO. The summed E-state index contributed by atoms with van der Waals surface area (Å²) in [5.41, 5.74) is -1.53. The van der Waals surface area contributed by atoms with Crippen LogP contribution in [0.25, 0.3) is 11.3 Å². The maximum Gasteiger partial charge on any atom is 0.420 e. The molecule has 106 valence electrons. The average Bonchev–Trinajstić information content (AvgIpc) is 2.33. The van der Waals surface area contributed by atoms with Gasteiger partial charge in [0.15, 0.2) is 5.75 Å². The molecule has 2 aromatic rings. The van der Waals surface area contributed by atoms with Gasteiger partial charge in [-0.3, -0.25) is 4.98 Å². The summed E-state index contributed by atoms with van der Waals surface area (Å²) < 4.78 is 38.2. The summed E-state index contributed by atoms with van der Waals surface area (Å²) in [4.78, 5) is 3.71. The van der Waals surface area contributed by atoms with Crippen LogP contribution in [-0.2, 0) is 6.18 Å². The summed E-state index contributed by atoms with van der Waals surface area (Å²) in [7, 11) is 0. The molecule has 0 aliphatic rings. The lowest BCUT2D eigenvalue weighted by molar-refractivity contribution is -0.138. The van der Waals surface area contributed by atoms with Crippen LogP contribution in [0, 0.1) is 0 Å². The van der Waals surface area contributed by atoms with E-state index in [4.69, 9.17) is 34.8 Å². The van der Waals surface area contributed by atoms with Crippen molar-refractivity contribution < 1.29 is 18.3 Å². The highest BCUT2D eigenvalue weighted by molar-refractivity contribution is 6.45. The molecule has 0 amide bonds. The minimum Gasteiger partial charge on any atom is -0.505 e. The van der Waals surface area contributed by atoms with Gasteiger partial charge in [0, 0.05) is 16.8 Å². The van der Waals surface area contributed by atoms with Crippen molar-refractivity contribution in [2.24, 2.45) is 0 Å². The molecule has 0 fully saturated rings. The second kappa shape index (κ2) is 5.31. The molecule has 0 atom stereocenters. The van der Waals surface area contributed by atoms with Crippen LogP contribution in [0.4, 0.5) is 13.2 Å². The number of aromatic hydroxyl groups is 1. The minimum absolute atomic E-state index is 0.0211. The molecule has 20 heavy (non-hydrogen) atoms. The Labute approximate surface area is 126 Å². The lowest BCUT2D eigenvalue weighted by Gasteiger charge is -2.13. The molecule has 2 nitrogen and oxygen atoms in total. The Bertz CT molecular complexity index is 674. The van der Waals surface area contributed by atoms with Gasteiger partial charge in [0.25, 0.3) is 0 Å². The van der Waals surface area contributed by atoms with Crippen molar-refractivity contribution >= 4 is 34.8 Å². The van der Waals surface area contributed by atoms with E-state index < -0.39 is 17.5 Å². The summed E-state index contributed by atoms with van der Waals surface area (Å²) >= 11 is 17.5. The maximum absolute atomic E-state index is 12.7. The fraction of sp³-hybridized carbons (Fsp3) is 0.0833. The van der Waals surface area contributed by atoms with Crippen LogP contribution >= 0.6 is 34.8 Å². The Hall–Kier alpha value is -1.17. The third-order valence-corrected chi connectivity index (χ3v) is 3.50. The highest BCUT2D eigenvalue weighted by Gasteiger charge is 2.35. The summed E-state index contributed by atoms with van der Waals surface area (Å²) in [5.74, 6) is -1.03. The predicted octanol–water partition coefficient (Wildman–Crippen LogP) is 5.43. The molecule has 0 spiro atoms. The number of nitrogens with zero attached hydrogens (tertiary/aromatic N) is 1. The standard InChI is InChI=1S/C12H5Cl3F3NO/c13-5-3-6(9(15)8(14)4-5)10-11(20)7(1-2-19-10)12(16,17)18/h1-4,20H. The smallest absolute Gasteiger partial charge is 0.420 e. The highest BCUT2D eigenvalue weighted by Crippen LogP contribution is 2.43. The first-order chi connectivity index (χ1) is 9.21. The number of hydrogen-bond acceptors (Lipinski definition) is 2. The van der Waals surface area contributed by atoms with Crippen molar-refractivity contribution in [3.63, 3.8) is 0 Å². The Balaban J connectivity index is 2.72. The summed E-state index contributed by atoms with van der Waals surface area (Å²) in [5, 5.41) is 9.92. The SMILES string of the molecule is Oc1c(C(F)(F)F)ccnc1-c1cc(Cl)cc(Cl)c1Cl. The van der Waals surface area contributed by atoms with Gasteiger partial charge in [-0.1, -0.05) is 34.8 Å². The third-order valence-electron chi connectivity index (χ3n) is 2.48. The zero-order valence-corrected chi connectivity index (χ0v) is 11.7. The zero-order chi connectivity index (χ0) is 15.1. The Morgan fingerprint density at radius 2 is 1.75 bits per heavy atom. The summed E-state index contributed by atoms with van der Waals surface area (Å²) in [6, 6.07) is 3.27. The molecule has 2 rings (SSSR count). The third kappa shape index (κ3) is 2.80. The van der Waals surface area contributed by atoms with E-state index in [1.165, 1.54) is 12.1 Å². The molecule has 0 saturated carbocycles. The van der Waals surface area contributed by atoms with E-state index in [2.05, 4.69) is 4.98 Å². The van der Waals surface area contributed by atoms with Gasteiger partial charge < -0.3 is 5.11 Å². The number of pyridine rings is 1. The second-order valence-electron chi connectivity index (χ2n) is 3.80. The van der Waals surface area contributed by atoms with E-state index in [1.807, 2.05) is 0 Å². The fourth-order valence-corrected chi connectivity index (χ4v) is 2.30.